The summed E-state index contributed by atoms with van der Waals surface area (Å²) in [6, 6.07) is 12.3. The summed E-state index contributed by atoms with van der Waals surface area (Å²) in [6.07, 6.45) is 5.74. The van der Waals surface area contributed by atoms with Gasteiger partial charge < -0.3 is 15.2 Å². The molecule has 0 unspecified atom stereocenters. The molecule has 7 nitrogen and oxygen atoms in total. The Kier molecular flexibility index (Phi) is 6.51. The zero-order valence-electron chi connectivity index (χ0n) is 19.3. The maximum absolute atomic E-state index is 11.9. The van der Waals surface area contributed by atoms with Crippen molar-refractivity contribution < 1.29 is 0 Å². The van der Waals surface area contributed by atoms with Gasteiger partial charge in [-0.3, -0.25) is 9.78 Å². The average Bonchev–Trinajstić information content (AvgIpc) is 3.15. The molecule has 1 aliphatic heterocycles. The summed E-state index contributed by atoms with van der Waals surface area (Å²) in [7, 11) is 0. The summed E-state index contributed by atoms with van der Waals surface area (Å²) in [5.41, 5.74) is 4.03. The fraction of sp³-hybridized carbons (Fsp3) is 0.308. The summed E-state index contributed by atoms with van der Waals surface area (Å²) in [6.45, 7) is 9.54. The molecule has 3 aromatic heterocycles. The Morgan fingerprint density at radius 1 is 1.24 bits per heavy atom. The van der Waals surface area contributed by atoms with Crippen molar-refractivity contribution >= 4 is 40.8 Å². The van der Waals surface area contributed by atoms with E-state index in [4.69, 9.17) is 0 Å². The number of para-hydroxylation sites is 1. The van der Waals surface area contributed by atoms with Gasteiger partial charge in [-0.15, -0.1) is 11.3 Å². The van der Waals surface area contributed by atoms with Crippen LogP contribution in [0.5, 0.6) is 0 Å². The van der Waals surface area contributed by atoms with Gasteiger partial charge in [0.25, 0.3) is 5.56 Å². The van der Waals surface area contributed by atoms with Crippen LogP contribution in [-0.2, 0) is 6.54 Å². The second-order valence-electron chi connectivity index (χ2n) is 8.77. The van der Waals surface area contributed by atoms with Crippen molar-refractivity contribution in [2.75, 3.05) is 24.5 Å². The fourth-order valence-corrected chi connectivity index (χ4v) is 5.24. The van der Waals surface area contributed by atoms with E-state index in [0.717, 1.165) is 61.9 Å². The van der Waals surface area contributed by atoms with Crippen molar-refractivity contribution in [2.45, 2.75) is 26.3 Å². The van der Waals surface area contributed by atoms with Gasteiger partial charge in [0.1, 0.15) is 0 Å². The van der Waals surface area contributed by atoms with Crippen molar-refractivity contribution in [1.29, 1.82) is 0 Å². The van der Waals surface area contributed by atoms with Gasteiger partial charge >= 0.3 is 0 Å². The number of pyridine rings is 1. The third kappa shape index (κ3) is 5.08. The number of nitrogens with one attached hydrogen (secondary N) is 2. The molecule has 0 radical (unpaired) electrons. The molecule has 1 saturated heterocycles. The van der Waals surface area contributed by atoms with Gasteiger partial charge in [0.05, 0.1) is 20.4 Å². The van der Waals surface area contributed by atoms with E-state index in [1.54, 1.807) is 12.3 Å². The van der Waals surface area contributed by atoms with Crippen LogP contribution in [0.4, 0.5) is 5.95 Å². The molecular weight excluding hydrogens is 444 g/mol. The van der Waals surface area contributed by atoms with Crippen LogP contribution >= 0.6 is 11.3 Å². The third-order valence-corrected chi connectivity index (χ3v) is 7.10. The fourth-order valence-electron chi connectivity index (χ4n) is 4.51. The highest BCUT2D eigenvalue weighted by atomic mass is 32.1. The number of piperidine rings is 1. The number of benzene rings is 1. The van der Waals surface area contributed by atoms with Gasteiger partial charge in [0, 0.05) is 36.9 Å². The van der Waals surface area contributed by atoms with Crippen LogP contribution in [0, 0.1) is 12.8 Å². The molecule has 4 aromatic rings. The van der Waals surface area contributed by atoms with Crippen LogP contribution in [0.3, 0.4) is 0 Å². The molecule has 5 rings (SSSR count). The first-order chi connectivity index (χ1) is 16.5. The summed E-state index contributed by atoms with van der Waals surface area (Å²) in [5, 5.41) is 4.89. The number of H-pyrrole nitrogens is 1. The Morgan fingerprint density at radius 3 is 2.85 bits per heavy atom. The summed E-state index contributed by atoms with van der Waals surface area (Å²) in [4.78, 5) is 30.7. The SMILES string of the molecule is C=c1[nH]c(=O)/c(=C/c2ccnc(N3CCC(CNCc4cc(C)nc5ccccc45)CC3)n2)s1. The van der Waals surface area contributed by atoms with E-state index in [1.165, 1.54) is 22.3 Å². The van der Waals surface area contributed by atoms with Crippen LogP contribution in [-0.4, -0.2) is 39.6 Å². The maximum atomic E-state index is 11.9. The Hall–Kier alpha value is -3.36. The maximum Gasteiger partial charge on any atom is 0.266 e. The Morgan fingerprint density at radius 2 is 2.06 bits per heavy atom. The molecule has 0 amide bonds. The molecule has 174 valence electrons. The Bertz CT molecular complexity index is 1470. The molecule has 1 aromatic carbocycles. The minimum absolute atomic E-state index is 0.126. The van der Waals surface area contributed by atoms with Crippen molar-refractivity contribution in [1.82, 2.24) is 25.3 Å². The number of hydrogen-bond donors (Lipinski definition) is 2. The molecule has 8 heteroatoms. The number of aromatic nitrogens is 4. The largest absolute Gasteiger partial charge is 0.341 e. The molecule has 4 heterocycles. The molecule has 1 aliphatic rings. The number of aryl methyl sites for hydroxylation is 1. The van der Waals surface area contributed by atoms with Gasteiger partial charge in [0.2, 0.25) is 5.95 Å². The standard InChI is InChI=1S/C26H28N6OS/c1-17-13-20(22-5-3-4-6-23(22)29-17)16-27-15-19-8-11-32(12-9-19)26-28-10-7-21(31-26)14-24-25(33)30-18(2)34-24/h3-7,10,13-14,19,27H,2,8-9,11-12,15-16H2,1H3,(H,30,33)/b24-14-. The number of thiazole rings is 1. The first-order valence-electron chi connectivity index (χ1n) is 11.6. The van der Waals surface area contributed by atoms with Crippen LogP contribution in [0.25, 0.3) is 23.6 Å². The quantitative estimate of drug-likeness (QED) is 0.448. The summed E-state index contributed by atoms with van der Waals surface area (Å²) < 4.78 is 1.25. The van der Waals surface area contributed by atoms with Gasteiger partial charge in [-0.2, -0.15) is 0 Å². The lowest BCUT2D eigenvalue weighted by Crippen LogP contribution is -2.38. The highest BCUT2D eigenvalue weighted by Crippen LogP contribution is 2.21. The lowest BCUT2D eigenvalue weighted by Gasteiger charge is -2.32. The molecule has 0 bridgehead atoms. The molecule has 1 fully saturated rings. The monoisotopic (exact) mass is 472 g/mol. The number of nitrogens with zero attached hydrogens (tertiary/aromatic N) is 4. The van der Waals surface area contributed by atoms with E-state index >= 15 is 0 Å². The molecule has 0 saturated carbocycles. The second kappa shape index (κ2) is 9.87. The normalized spacial score (nSPS) is 15.3. The van der Waals surface area contributed by atoms with Gasteiger partial charge in [-0.25, -0.2) is 9.97 Å². The number of aromatic amines is 1. The zero-order chi connectivity index (χ0) is 23.5. The van der Waals surface area contributed by atoms with Gasteiger partial charge in [-0.05, 0) is 62.1 Å². The first kappa shape index (κ1) is 22.4. The summed E-state index contributed by atoms with van der Waals surface area (Å²) in [5.74, 6) is 1.35. The van der Waals surface area contributed by atoms with Crippen LogP contribution in [0.15, 0.2) is 47.4 Å². The van der Waals surface area contributed by atoms with E-state index in [1.807, 2.05) is 12.1 Å². The smallest absolute Gasteiger partial charge is 0.266 e. The lowest BCUT2D eigenvalue weighted by molar-refractivity contribution is 0.380. The molecule has 0 atom stereocenters. The highest BCUT2D eigenvalue weighted by molar-refractivity contribution is 7.07. The Balaban J connectivity index is 1.18. The summed E-state index contributed by atoms with van der Waals surface area (Å²) >= 11 is 1.34. The minimum Gasteiger partial charge on any atom is -0.341 e. The number of rotatable bonds is 6. The van der Waals surface area contributed by atoms with E-state index in [-0.39, 0.29) is 5.56 Å². The van der Waals surface area contributed by atoms with Crippen LogP contribution < -0.4 is 25.0 Å². The van der Waals surface area contributed by atoms with Gasteiger partial charge in [-0.1, -0.05) is 24.8 Å². The van der Waals surface area contributed by atoms with Gasteiger partial charge in [0.15, 0.2) is 0 Å². The second-order valence-corrected chi connectivity index (χ2v) is 9.91. The van der Waals surface area contributed by atoms with E-state index < -0.39 is 0 Å². The Labute approximate surface area is 201 Å². The third-order valence-electron chi connectivity index (χ3n) is 6.23. The molecule has 0 spiro atoms. The van der Waals surface area contributed by atoms with Crippen LogP contribution in [0.1, 0.15) is 29.8 Å². The van der Waals surface area contributed by atoms with E-state index in [2.05, 4.69) is 67.9 Å². The minimum atomic E-state index is -0.126. The van der Waals surface area contributed by atoms with Crippen molar-refractivity contribution in [3.05, 3.63) is 79.1 Å². The molecule has 2 N–H and O–H groups in total. The molecule has 0 aliphatic carbocycles. The van der Waals surface area contributed by atoms with Crippen molar-refractivity contribution in [3.8, 4) is 0 Å². The first-order valence-corrected chi connectivity index (χ1v) is 12.4. The topological polar surface area (TPSA) is 86.8 Å². The number of anilines is 1. The predicted molar refractivity (Wildman–Crippen MR) is 138 cm³/mol. The lowest BCUT2D eigenvalue weighted by atomic mass is 9.97. The number of hydrogen-bond acceptors (Lipinski definition) is 7. The molecular formula is C26H28N6OS. The average molecular weight is 473 g/mol. The van der Waals surface area contributed by atoms with E-state index in [9.17, 15) is 4.79 Å². The zero-order valence-corrected chi connectivity index (χ0v) is 20.1. The molecule has 34 heavy (non-hydrogen) atoms. The number of fused-ring (bicyclic) bond motifs is 1. The van der Waals surface area contributed by atoms with Crippen molar-refractivity contribution in [2.24, 2.45) is 5.92 Å². The highest BCUT2D eigenvalue weighted by Gasteiger charge is 2.21. The van der Waals surface area contributed by atoms with Crippen LogP contribution in [0.2, 0.25) is 0 Å². The van der Waals surface area contributed by atoms with E-state index in [0.29, 0.717) is 15.1 Å². The van der Waals surface area contributed by atoms with Crippen molar-refractivity contribution in [3.63, 3.8) is 0 Å². The predicted octanol–water partition coefficient (Wildman–Crippen LogP) is 2.33.